The number of hydrogen-bond donors (Lipinski definition) is 1. The second-order valence-electron chi connectivity index (χ2n) is 4.85. The van der Waals surface area contributed by atoms with E-state index in [0.29, 0.717) is 6.07 Å². The molecule has 132 valence electrons. The summed E-state index contributed by atoms with van der Waals surface area (Å²) in [5, 5.41) is 0. The van der Waals surface area contributed by atoms with Crippen molar-refractivity contribution in [1.29, 1.82) is 0 Å². The van der Waals surface area contributed by atoms with Gasteiger partial charge in [-0.25, -0.2) is 17.2 Å². The lowest BCUT2D eigenvalue weighted by Crippen LogP contribution is -2.31. The van der Waals surface area contributed by atoms with E-state index in [-0.39, 0.29) is 10.5 Å². The van der Waals surface area contributed by atoms with Crippen molar-refractivity contribution in [3.63, 3.8) is 0 Å². The molecule has 2 aromatic carbocycles. The number of ether oxygens (including phenoxy) is 1. The van der Waals surface area contributed by atoms with Gasteiger partial charge in [0.2, 0.25) is 10.0 Å². The molecule has 0 unspecified atom stereocenters. The topological polar surface area (TPSA) is 89.5 Å². The Morgan fingerprint density at radius 3 is 2.32 bits per heavy atom. The largest absolute Gasteiger partial charge is 0.456 e. The number of benzene rings is 2. The van der Waals surface area contributed by atoms with Crippen molar-refractivity contribution in [2.45, 2.75) is 4.90 Å². The molecule has 0 bridgehead atoms. The first-order valence-corrected chi connectivity index (χ1v) is 8.46. The molecule has 0 saturated heterocycles. The van der Waals surface area contributed by atoms with Crippen LogP contribution in [0.4, 0.5) is 8.78 Å². The zero-order chi connectivity index (χ0) is 18.4. The van der Waals surface area contributed by atoms with E-state index in [4.69, 9.17) is 0 Å². The van der Waals surface area contributed by atoms with E-state index in [2.05, 4.69) is 4.74 Å². The second-order valence-corrected chi connectivity index (χ2v) is 6.62. The zero-order valence-corrected chi connectivity index (χ0v) is 13.6. The number of ketones is 1. The molecule has 0 fully saturated rings. The van der Waals surface area contributed by atoms with E-state index < -0.39 is 46.6 Å². The van der Waals surface area contributed by atoms with Gasteiger partial charge in [-0.3, -0.25) is 9.59 Å². The molecule has 0 atom stereocenters. The molecule has 25 heavy (non-hydrogen) atoms. The van der Waals surface area contributed by atoms with Gasteiger partial charge in [-0.15, -0.1) is 0 Å². The number of halogens is 2. The van der Waals surface area contributed by atoms with Crippen molar-refractivity contribution < 1.29 is 31.5 Å². The highest BCUT2D eigenvalue weighted by Crippen LogP contribution is 2.10. The van der Waals surface area contributed by atoms with Gasteiger partial charge in [-0.2, -0.15) is 4.72 Å². The van der Waals surface area contributed by atoms with Crippen molar-refractivity contribution in [2.24, 2.45) is 0 Å². The summed E-state index contributed by atoms with van der Waals surface area (Å²) >= 11 is 0. The monoisotopic (exact) mass is 369 g/mol. The Kier molecular flexibility index (Phi) is 5.94. The molecule has 0 radical (unpaired) electrons. The fraction of sp³-hybridized carbons (Fsp3) is 0.125. The summed E-state index contributed by atoms with van der Waals surface area (Å²) in [4.78, 5) is 23.2. The number of carbonyl (C=O) groups is 2. The van der Waals surface area contributed by atoms with Crippen LogP contribution in [0, 0.1) is 11.6 Å². The third-order valence-electron chi connectivity index (χ3n) is 3.07. The van der Waals surface area contributed by atoms with Crippen molar-refractivity contribution in [3.05, 3.63) is 65.7 Å². The lowest BCUT2D eigenvalue weighted by molar-refractivity contribution is -0.141. The van der Waals surface area contributed by atoms with E-state index in [1.165, 1.54) is 24.3 Å². The highest BCUT2D eigenvalue weighted by molar-refractivity contribution is 7.89. The van der Waals surface area contributed by atoms with Crippen molar-refractivity contribution >= 4 is 21.8 Å². The smallest absolute Gasteiger partial charge is 0.321 e. The van der Waals surface area contributed by atoms with Gasteiger partial charge < -0.3 is 4.74 Å². The van der Waals surface area contributed by atoms with Crippen LogP contribution in [0.5, 0.6) is 0 Å². The molecule has 0 spiro atoms. The first-order valence-electron chi connectivity index (χ1n) is 6.98. The van der Waals surface area contributed by atoms with Gasteiger partial charge in [0.15, 0.2) is 24.0 Å². The summed E-state index contributed by atoms with van der Waals surface area (Å²) in [7, 11) is -3.88. The van der Waals surface area contributed by atoms with Gasteiger partial charge in [-0.05, 0) is 30.3 Å². The van der Waals surface area contributed by atoms with E-state index in [0.717, 1.165) is 12.1 Å². The molecule has 0 aliphatic carbocycles. The van der Waals surface area contributed by atoms with Gasteiger partial charge in [0.05, 0.1) is 4.90 Å². The minimum Gasteiger partial charge on any atom is -0.456 e. The van der Waals surface area contributed by atoms with Gasteiger partial charge in [-0.1, -0.05) is 18.2 Å². The Bertz CT molecular complexity index is 885. The van der Waals surface area contributed by atoms with Crippen LogP contribution in [0.25, 0.3) is 0 Å². The second kappa shape index (κ2) is 7.95. The average Bonchev–Trinajstić information content (AvgIpc) is 2.61. The SMILES string of the molecule is O=C(CNS(=O)(=O)c1ccccc1)OCC(=O)c1ccc(F)c(F)c1. The van der Waals surface area contributed by atoms with Crippen LogP contribution < -0.4 is 4.72 Å². The molecule has 9 heteroatoms. The van der Waals surface area contributed by atoms with E-state index in [1.54, 1.807) is 6.07 Å². The number of rotatable bonds is 7. The molecule has 0 heterocycles. The molecule has 0 aromatic heterocycles. The predicted molar refractivity (Wildman–Crippen MR) is 83.3 cm³/mol. The van der Waals surface area contributed by atoms with Crippen LogP contribution >= 0.6 is 0 Å². The molecule has 0 aliphatic heterocycles. The van der Waals surface area contributed by atoms with Crippen LogP contribution in [0.3, 0.4) is 0 Å². The van der Waals surface area contributed by atoms with E-state index >= 15 is 0 Å². The summed E-state index contributed by atoms with van der Waals surface area (Å²) in [6.45, 7) is -1.40. The fourth-order valence-electron chi connectivity index (χ4n) is 1.79. The number of sulfonamides is 1. The molecule has 0 saturated carbocycles. The predicted octanol–water partition coefficient (Wildman–Crippen LogP) is 1.67. The summed E-state index contributed by atoms with van der Waals surface area (Å²) in [6, 6.07) is 9.88. The van der Waals surface area contributed by atoms with Gasteiger partial charge >= 0.3 is 5.97 Å². The molecule has 6 nitrogen and oxygen atoms in total. The molecule has 2 rings (SSSR count). The summed E-state index contributed by atoms with van der Waals surface area (Å²) in [6.07, 6.45) is 0. The Morgan fingerprint density at radius 2 is 1.68 bits per heavy atom. The fourth-order valence-corrected chi connectivity index (χ4v) is 2.78. The summed E-state index contributed by atoms with van der Waals surface area (Å²) < 4.78 is 56.3. The third kappa shape index (κ3) is 5.16. The van der Waals surface area contributed by atoms with Crippen LogP contribution in [-0.2, 0) is 19.6 Å². The molecular formula is C16H13F2NO5S. The number of esters is 1. The van der Waals surface area contributed by atoms with Gasteiger partial charge in [0.25, 0.3) is 0 Å². The van der Waals surface area contributed by atoms with Crippen LogP contribution in [-0.4, -0.2) is 33.3 Å². The standard InChI is InChI=1S/C16H13F2NO5S/c17-13-7-6-11(8-14(13)18)15(20)10-24-16(21)9-19-25(22,23)12-4-2-1-3-5-12/h1-8,19H,9-10H2. The van der Waals surface area contributed by atoms with Crippen LogP contribution in [0.1, 0.15) is 10.4 Å². The van der Waals surface area contributed by atoms with Crippen molar-refractivity contribution in [2.75, 3.05) is 13.2 Å². The number of Topliss-reactive ketones (excluding diaryl/α,β-unsaturated/α-hetero) is 1. The highest BCUT2D eigenvalue weighted by Gasteiger charge is 2.17. The zero-order valence-electron chi connectivity index (χ0n) is 12.7. The Labute approximate surface area is 142 Å². The minimum atomic E-state index is -3.88. The minimum absolute atomic E-state index is 0.0272. The Hall–Kier alpha value is -2.65. The normalized spacial score (nSPS) is 11.1. The first-order chi connectivity index (χ1) is 11.8. The Balaban J connectivity index is 1.86. The van der Waals surface area contributed by atoms with E-state index in [9.17, 15) is 26.8 Å². The van der Waals surface area contributed by atoms with Crippen LogP contribution in [0.15, 0.2) is 53.4 Å². The maximum Gasteiger partial charge on any atom is 0.321 e. The number of nitrogens with one attached hydrogen (secondary N) is 1. The van der Waals surface area contributed by atoms with Crippen molar-refractivity contribution in [3.8, 4) is 0 Å². The van der Waals surface area contributed by atoms with Crippen LogP contribution in [0.2, 0.25) is 0 Å². The lowest BCUT2D eigenvalue weighted by atomic mass is 10.1. The number of carbonyl (C=O) groups excluding carboxylic acids is 2. The van der Waals surface area contributed by atoms with Crippen molar-refractivity contribution in [1.82, 2.24) is 4.72 Å². The van der Waals surface area contributed by atoms with Gasteiger partial charge in [0.1, 0.15) is 6.54 Å². The summed E-state index contributed by atoms with van der Waals surface area (Å²) in [5.41, 5.74) is -0.170. The maximum atomic E-state index is 13.0. The quantitative estimate of drug-likeness (QED) is 0.592. The third-order valence-corrected chi connectivity index (χ3v) is 4.48. The molecule has 2 aromatic rings. The number of hydrogen-bond acceptors (Lipinski definition) is 5. The molecule has 0 amide bonds. The van der Waals surface area contributed by atoms with Gasteiger partial charge in [0, 0.05) is 5.56 Å². The molecule has 0 aliphatic rings. The molecular weight excluding hydrogens is 356 g/mol. The first kappa shape index (κ1) is 18.7. The summed E-state index contributed by atoms with van der Waals surface area (Å²) in [5.74, 6) is -4.05. The molecule has 1 N–H and O–H groups in total. The lowest BCUT2D eigenvalue weighted by Gasteiger charge is -2.07. The van der Waals surface area contributed by atoms with E-state index in [1.807, 2.05) is 4.72 Å². The average molecular weight is 369 g/mol. The highest BCUT2D eigenvalue weighted by atomic mass is 32.2. The Morgan fingerprint density at radius 1 is 1.00 bits per heavy atom. The maximum absolute atomic E-state index is 13.0.